The van der Waals surface area contributed by atoms with Crippen molar-refractivity contribution in [2.24, 2.45) is 34.5 Å². The number of methoxy groups -OCH3 is 3. The van der Waals surface area contributed by atoms with Crippen molar-refractivity contribution in [1.82, 2.24) is 0 Å². The zero-order valence-corrected chi connectivity index (χ0v) is 21.9. The lowest BCUT2D eigenvalue weighted by molar-refractivity contribution is -0.201. The van der Waals surface area contributed by atoms with E-state index >= 15 is 0 Å². The van der Waals surface area contributed by atoms with E-state index in [9.17, 15) is 9.90 Å². The first-order valence-corrected chi connectivity index (χ1v) is 13.1. The second kappa shape index (κ2) is 7.88. The van der Waals surface area contributed by atoms with Crippen molar-refractivity contribution in [3.63, 3.8) is 0 Å². The maximum atomic E-state index is 13.1. The number of fused-ring (bicyclic) bond motifs is 2. The second-order valence-electron chi connectivity index (χ2n) is 12.3. The monoisotopic (exact) mass is 470 g/mol. The van der Waals surface area contributed by atoms with Crippen molar-refractivity contribution in [1.29, 1.82) is 0 Å². The maximum Gasteiger partial charge on any atom is 0.311 e. The van der Waals surface area contributed by atoms with Crippen LogP contribution in [0.5, 0.6) is 11.5 Å². The Morgan fingerprint density at radius 1 is 1.03 bits per heavy atom. The van der Waals surface area contributed by atoms with Crippen molar-refractivity contribution >= 4 is 5.97 Å². The predicted octanol–water partition coefficient (Wildman–Crippen LogP) is 5.47. The Hall–Kier alpha value is -1.75. The molecule has 3 fully saturated rings. The van der Waals surface area contributed by atoms with Crippen molar-refractivity contribution in [2.45, 2.75) is 83.7 Å². The molecule has 5 aliphatic rings. The van der Waals surface area contributed by atoms with E-state index in [2.05, 4.69) is 27.7 Å². The van der Waals surface area contributed by atoms with E-state index in [1.54, 1.807) is 14.2 Å². The predicted molar refractivity (Wildman–Crippen MR) is 131 cm³/mol. The third-order valence-electron chi connectivity index (χ3n) is 11.0. The fraction of sp³-hybridized carbons (Fsp3) is 0.759. The van der Waals surface area contributed by atoms with E-state index in [-0.39, 0.29) is 35.1 Å². The van der Waals surface area contributed by atoms with Crippen LogP contribution in [0.1, 0.15) is 83.3 Å². The number of aliphatic hydroxyl groups excluding tert-OH is 1. The summed E-state index contributed by atoms with van der Waals surface area (Å²) in [5.41, 5.74) is 1.54. The molecule has 1 N–H and O–H groups in total. The number of carbonyl (C=O) groups excluding carboxylic acids is 1. The highest BCUT2D eigenvalue weighted by Crippen LogP contribution is 2.75. The molecule has 0 heterocycles. The van der Waals surface area contributed by atoms with E-state index in [0.29, 0.717) is 5.92 Å². The molecule has 1 spiro atoms. The average Bonchev–Trinajstić information content (AvgIpc) is 2.82. The van der Waals surface area contributed by atoms with Crippen LogP contribution in [0, 0.1) is 34.5 Å². The molecule has 0 amide bonds. The number of esters is 1. The average molecular weight is 471 g/mol. The zero-order chi connectivity index (χ0) is 24.6. The first-order valence-electron chi connectivity index (χ1n) is 13.1. The molecule has 1 aromatic carbocycles. The normalized spacial score (nSPS) is 42.4. The third-order valence-corrected chi connectivity index (χ3v) is 11.0. The molecule has 34 heavy (non-hydrogen) atoms. The van der Waals surface area contributed by atoms with Crippen LogP contribution < -0.4 is 9.47 Å². The molecule has 2 bridgehead atoms. The van der Waals surface area contributed by atoms with Gasteiger partial charge in [-0.05, 0) is 86.2 Å². The molecule has 0 aromatic heterocycles. The van der Waals surface area contributed by atoms with Crippen LogP contribution in [-0.4, -0.2) is 38.5 Å². The van der Waals surface area contributed by atoms with Gasteiger partial charge in [0.15, 0.2) is 0 Å². The molecule has 1 aromatic rings. The van der Waals surface area contributed by atoms with Crippen LogP contribution in [-0.2, 0) is 14.9 Å². The largest absolute Gasteiger partial charge is 0.496 e. The summed E-state index contributed by atoms with van der Waals surface area (Å²) in [5.74, 6) is 3.02. The summed E-state index contributed by atoms with van der Waals surface area (Å²) < 4.78 is 17.2. The topological polar surface area (TPSA) is 65.0 Å². The van der Waals surface area contributed by atoms with Crippen LogP contribution in [0.4, 0.5) is 0 Å². The molecular formula is C29H42O5. The van der Waals surface area contributed by atoms with Crippen molar-refractivity contribution < 1.29 is 24.1 Å². The van der Waals surface area contributed by atoms with Gasteiger partial charge in [0.2, 0.25) is 0 Å². The third kappa shape index (κ3) is 2.74. The Morgan fingerprint density at radius 3 is 2.32 bits per heavy atom. The number of benzene rings is 1. The summed E-state index contributed by atoms with van der Waals surface area (Å²) in [6.07, 6.45) is 5.34. The van der Waals surface area contributed by atoms with Crippen LogP contribution in [0.3, 0.4) is 0 Å². The number of hydrogen-bond acceptors (Lipinski definition) is 5. The Balaban J connectivity index is 1.75. The number of aliphatic hydroxyl groups is 1. The highest BCUT2D eigenvalue weighted by molar-refractivity contribution is 5.77. The molecule has 8 atom stereocenters. The first-order chi connectivity index (χ1) is 16.1. The standard InChI is InChI=1S/C29H42O5/c1-16(2)22-17-15-21-27(3)12-8-13-28(4,26(31)34-7)20(27)11-14-29(21,25(22)30)24-19(33-6)10-9-18(32-5)23(17)24/h9-10,16-17,20-22,25,30H,8,11-15H2,1-7H3/t17-,20-,21+,22+,25-,27-,28+,29+/m1/s1. The minimum Gasteiger partial charge on any atom is -0.496 e. The molecule has 0 aliphatic heterocycles. The molecule has 6 rings (SSSR count). The van der Waals surface area contributed by atoms with Gasteiger partial charge in [-0.1, -0.05) is 27.2 Å². The van der Waals surface area contributed by atoms with Gasteiger partial charge in [-0.2, -0.15) is 0 Å². The van der Waals surface area contributed by atoms with Crippen molar-refractivity contribution in [3.8, 4) is 11.5 Å². The number of ether oxygens (including phenoxy) is 3. The minimum absolute atomic E-state index is 0.0492. The molecular weight excluding hydrogens is 428 g/mol. The SMILES string of the molecule is COC(=O)[C@@]1(C)CCC[C@]2(C)[C@H]1CC[C@@]13c4c(OC)ccc(OC)c4[C@H](C[C@@H]21)[C@H](C(C)C)[C@H]3O. The molecule has 5 heteroatoms. The van der Waals surface area contributed by atoms with E-state index in [4.69, 9.17) is 14.2 Å². The van der Waals surface area contributed by atoms with Crippen LogP contribution in [0.15, 0.2) is 12.1 Å². The zero-order valence-electron chi connectivity index (χ0n) is 21.9. The lowest BCUT2D eigenvalue weighted by atomic mass is 9.34. The molecule has 5 aliphatic carbocycles. The van der Waals surface area contributed by atoms with Crippen LogP contribution >= 0.6 is 0 Å². The van der Waals surface area contributed by atoms with Gasteiger partial charge in [-0.15, -0.1) is 0 Å². The molecule has 3 saturated carbocycles. The van der Waals surface area contributed by atoms with Crippen molar-refractivity contribution in [2.75, 3.05) is 21.3 Å². The number of carbonyl (C=O) groups is 1. The van der Waals surface area contributed by atoms with Gasteiger partial charge < -0.3 is 19.3 Å². The molecule has 0 unspecified atom stereocenters. The number of hydrogen-bond donors (Lipinski definition) is 1. The Morgan fingerprint density at radius 2 is 1.71 bits per heavy atom. The summed E-state index contributed by atoms with van der Waals surface area (Å²) in [4.78, 5) is 13.1. The summed E-state index contributed by atoms with van der Waals surface area (Å²) >= 11 is 0. The molecule has 5 nitrogen and oxygen atoms in total. The fourth-order valence-electron chi connectivity index (χ4n) is 9.77. The van der Waals surface area contributed by atoms with Gasteiger partial charge >= 0.3 is 5.97 Å². The molecule has 0 saturated heterocycles. The summed E-state index contributed by atoms with van der Waals surface area (Å²) in [5, 5.41) is 12.2. The Labute approximate surface area is 204 Å². The minimum atomic E-state index is -0.469. The molecule has 188 valence electrons. The van der Waals surface area contributed by atoms with E-state index < -0.39 is 16.9 Å². The quantitative estimate of drug-likeness (QED) is 0.591. The van der Waals surface area contributed by atoms with Crippen molar-refractivity contribution in [3.05, 3.63) is 23.3 Å². The highest BCUT2D eigenvalue weighted by Gasteiger charge is 2.71. The van der Waals surface area contributed by atoms with Gasteiger partial charge in [-0.25, -0.2) is 0 Å². The fourth-order valence-corrected chi connectivity index (χ4v) is 9.77. The van der Waals surface area contributed by atoms with E-state index in [1.807, 2.05) is 12.1 Å². The summed E-state index contributed by atoms with van der Waals surface area (Å²) in [6, 6.07) is 4.06. The van der Waals surface area contributed by atoms with Crippen LogP contribution in [0.25, 0.3) is 0 Å². The Bertz CT molecular complexity index is 987. The summed E-state index contributed by atoms with van der Waals surface area (Å²) in [7, 11) is 5.02. The highest BCUT2D eigenvalue weighted by atomic mass is 16.5. The van der Waals surface area contributed by atoms with E-state index in [0.717, 1.165) is 50.0 Å². The van der Waals surface area contributed by atoms with Crippen LogP contribution in [0.2, 0.25) is 0 Å². The lowest BCUT2D eigenvalue weighted by Crippen LogP contribution is -2.69. The van der Waals surface area contributed by atoms with Gasteiger partial charge in [0, 0.05) is 16.5 Å². The first kappa shape index (κ1) is 24.0. The van der Waals surface area contributed by atoms with Gasteiger partial charge in [0.25, 0.3) is 0 Å². The smallest absolute Gasteiger partial charge is 0.311 e. The lowest BCUT2D eigenvalue weighted by Gasteiger charge is -2.70. The molecule has 0 radical (unpaired) electrons. The van der Waals surface area contributed by atoms with E-state index in [1.165, 1.54) is 18.2 Å². The number of rotatable bonds is 4. The summed E-state index contributed by atoms with van der Waals surface area (Å²) in [6.45, 7) is 9.03. The second-order valence-corrected chi connectivity index (χ2v) is 12.3. The maximum absolute atomic E-state index is 13.1. The van der Waals surface area contributed by atoms with Gasteiger partial charge in [-0.3, -0.25) is 4.79 Å². The van der Waals surface area contributed by atoms with Gasteiger partial charge in [0.1, 0.15) is 11.5 Å². The Kier molecular flexibility index (Phi) is 5.55. The van der Waals surface area contributed by atoms with Gasteiger partial charge in [0.05, 0.1) is 32.8 Å².